The minimum atomic E-state index is 0.00101. The lowest BCUT2D eigenvalue weighted by atomic mass is 10.1. The Bertz CT molecular complexity index is 641. The molecule has 0 heterocycles. The van der Waals surface area contributed by atoms with Gasteiger partial charge in [-0.05, 0) is 30.5 Å². The summed E-state index contributed by atoms with van der Waals surface area (Å²) in [6, 6.07) is 19.6. The maximum Gasteiger partial charge on any atom is 0.226 e. The maximum atomic E-state index is 12.1. The van der Waals surface area contributed by atoms with Crippen molar-refractivity contribution in [2.24, 2.45) is 0 Å². The second-order valence-corrected chi connectivity index (χ2v) is 5.73. The lowest BCUT2D eigenvalue weighted by Crippen LogP contribution is -2.28. The lowest BCUT2D eigenvalue weighted by Gasteiger charge is -2.17. The van der Waals surface area contributed by atoms with Crippen molar-refractivity contribution in [1.82, 2.24) is 5.32 Å². The summed E-state index contributed by atoms with van der Waals surface area (Å²) >= 11 is 0. The minimum absolute atomic E-state index is 0.00101. The average Bonchev–Trinajstić information content (AvgIpc) is 2.62. The SMILES string of the molecule is CN(C(=O)CCCC(=O)NCCc1ccccc1)c1ccccc1. The van der Waals surface area contributed by atoms with Gasteiger partial charge in [0.05, 0.1) is 0 Å². The molecule has 4 nitrogen and oxygen atoms in total. The van der Waals surface area contributed by atoms with Crippen molar-refractivity contribution < 1.29 is 9.59 Å². The first-order valence-electron chi connectivity index (χ1n) is 8.29. The zero-order valence-electron chi connectivity index (χ0n) is 14.1. The van der Waals surface area contributed by atoms with E-state index in [1.807, 2.05) is 60.7 Å². The molecule has 0 aliphatic rings. The standard InChI is InChI=1S/C20H24N2O2/c1-22(18-11-6-3-7-12-18)20(24)14-8-13-19(23)21-16-15-17-9-4-2-5-10-17/h2-7,9-12H,8,13-16H2,1H3,(H,21,23). The zero-order valence-corrected chi connectivity index (χ0v) is 14.1. The number of para-hydroxylation sites is 1. The van der Waals surface area contributed by atoms with Gasteiger partial charge in [-0.3, -0.25) is 9.59 Å². The highest BCUT2D eigenvalue weighted by molar-refractivity contribution is 5.92. The van der Waals surface area contributed by atoms with Crippen molar-refractivity contribution >= 4 is 17.5 Å². The molecule has 0 saturated heterocycles. The molecule has 0 saturated carbocycles. The topological polar surface area (TPSA) is 49.4 Å². The third-order valence-corrected chi connectivity index (χ3v) is 3.89. The quantitative estimate of drug-likeness (QED) is 0.811. The van der Waals surface area contributed by atoms with Crippen LogP contribution in [0.3, 0.4) is 0 Å². The number of carbonyl (C=O) groups excluding carboxylic acids is 2. The molecule has 0 radical (unpaired) electrons. The van der Waals surface area contributed by atoms with Gasteiger partial charge in [0.2, 0.25) is 11.8 Å². The molecule has 2 rings (SSSR count). The van der Waals surface area contributed by atoms with E-state index in [9.17, 15) is 9.59 Å². The normalized spacial score (nSPS) is 10.2. The predicted molar refractivity (Wildman–Crippen MR) is 96.9 cm³/mol. The van der Waals surface area contributed by atoms with E-state index in [-0.39, 0.29) is 11.8 Å². The number of hydrogen-bond donors (Lipinski definition) is 1. The van der Waals surface area contributed by atoms with Gasteiger partial charge in [-0.2, -0.15) is 0 Å². The first kappa shape index (κ1) is 17.7. The van der Waals surface area contributed by atoms with Gasteiger partial charge >= 0.3 is 0 Å². The summed E-state index contributed by atoms with van der Waals surface area (Å²) < 4.78 is 0. The molecule has 0 aliphatic heterocycles. The molecular formula is C20H24N2O2. The van der Waals surface area contributed by atoms with Crippen molar-refractivity contribution in [3.63, 3.8) is 0 Å². The van der Waals surface area contributed by atoms with E-state index in [0.717, 1.165) is 12.1 Å². The summed E-state index contributed by atoms with van der Waals surface area (Å²) in [6.45, 7) is 0.626. The monoisotopic (exact) mass is 324 g/mol. The molecule has 24 heavy (non-hydrogen) atoms. The van der Waals surface area contributed by atoms with Crippen molar-refractivity contribution in [2.45, 2.75) is 25.7 Å². The summed E-state index contributed by atoms with van der Waals surface area (Å²) in [6.07, 6.45) is 2.14. The van der Waals surface area contributed by atoms with Crippen molar-refractivity contribution in [1.29, 1.82) is 0 Å². The second-order valence-electron chi connectivity index (χ2n) is 5.73. The summed E-state index contributed by atoms with van der Waals surface area (Å²) in [4.78, 5) is 25.6. The molecule has 2 aromatic rings. The first-order chi connectivity index (χ1) is 11.7. The lowest BCUT2D eigenvalue weighted by molar-refractivity contribution is -0.121. The van der Waals surface area contributed by atoms with E-state index < -0.39 is 0 Å². The molecule has 0 atom stereocenters. The van der Waals surface area contributed by atoms with Crippen molar-refractivity contribution in [2.75, 3.05) is 18.5 Å². The highest BCUT2D eigenvalue weighted by Crippen LogP contribution is 2.13. The van der Waals surface area contributed by atoms with E-state index >= 15 is 0 Å². The van der Waals surface area contributed by atoms with Crippen LogP contribution in [0, 0.1) is 0 Å². The van der Waals surface area contributed by atoms with Crippen molar-refractivity contribution in [3.8, 4) is 0 Å². The Morgan fingerprint density at radius 2 is 1.54 bits per heavy atom. The van der Waals surface area contributed by atoms with Crippen LogP contribution in [0.4, 0.5) is 5.69 Å². The molecule has 0 unspecified atom stereocenters. The van der Waals surface area contributed by atoms with Crippen molar-refractivity contribution in [3.05, 3.63) is 66.2 Å². The van der Waals surface area contributed by atoms with E-state index in [1.165, 1.54) is 5.56 Å². The van der Waals surface area contributed by atoms with Crippen LogP contribution in [0.5, 0.6) is 0 Å². The third-order valence-electron chi connectivity index (χ3n) is 3.89. The van der Waals surface area contributed by atoms with Crippen LogP contribution < -0.4 is 10.2 Å². The largest absolute Gasteiger partial charge is 0.356 e. The maximum absolute atomic E-state index is 12.1. The molecule has 2 aromatic carbocycles. The molecule has 4 heteroatoms. The molecule has 0 aliphatic carbocycles. The van der Waals surface area contributed by atoms with Gasteiger partial charge in [-0.15, -0.1) is 0 Å². The fraction of sp³-hybridized carbons (Fsp3) is 0.300. The fourth-order valence-electron chi connectivity index (χ4n) is 2.44. The van der Waals surface area contributed by atoms with Crippen LogP contribution >= 0.6 is 0 Å². The number of nitrogens with zero attached hydrogens (tertiary/aromatic N) is 1. The van der Waals surface area contributed by atoms with Crippen LogP contribution in [0.2, 0.25) is 0 Å². The van der Waals surface area contributed by atoms with Crippen LogP contribution in [-0.4, -0.2) is 25.4 Å². The molecule has 0 bridgehead atoms. The molecular weight excluding hydrogens is 300 g/mol. The van der Waals surface area contributed by atoms with Gasteiger partial charge in [-0.1, -0.05) is 48.5 Å². The number of rotatable bonds is 8. The van der Waals surface area contributed by atoms with E-state index in [4.69, 9.17) is 0 Å². The molecule has 0 fully saturated rings. The van der Waals surface area contributed by atoms with E-state index in [1.54, 1.807) is 11.9 Å². The van der Waals surface area contributed by atoms with Crippen LogP contribution in [0.1, 0.15) is 24.8 Å². The predicted octanol–water partition coefficient (Wildman–Crippen LogP) is 3.18. The first-order valence-corrected chi connectivity index (χ1v) is 8.29. The Labute approximate surface area is 143 Å². The average molecular weight is 324 g/mol. The van der Waals surface area contributed by atoms with Gasteiger partial charge in [0.1, 0.15) is 0 Å². The number of benzene rings is 2. The highest BCUT2D eigenvalue weighted by Gasteiger charge is 2.11. The molecule has 0 spiro atoms. The van der Waals surface area contributed by atoms with Crippen LogP contribution in [0.25, 0.3) is 0 Å². The Kier molecular flexibility index (Phi) is 7.02. The number of amides is 2. The fourth-order valence-corrected chi connectivity index (χ4v) is 2.44. The summed E-state index contributed by atoms with van der Waals surface area (Å²) in [5.41, 5.74) is 2.08. The summed E-state index contributed by atoms with van der Waals surface area (Å²) in [5, 5.41) is 2.90. The number of nitrogens with one attached hydrogen (secondary N) is 1. The van der Waals surface area contributed by atoms with Gasteiger partial charge in [0.25, 0.3) is 0 Å². The summed E-state index contributed by atoms with van der Waals surface area (Å²) in [5.74, 6) is 0.0272. The van der Waals surface area contributed by atoms with E-state index in [2.05, 4.69) is 5.32 Å². The Morgan fingerprint density at radius 1 is 0.917 bits per heavy atom. The molecule has 0 aromatic heterocycles. The zero-order chi connectivity index (χ0) is 17.2. The highest BCUT2D eigenvalue weighted by atomic mass is 16.2. The van der Waals surface area contributed by atoms with Gasteiger partial charge < -0.3 is 10.2 Å². The summed E-state index contributed by atoms with van der Waals surface area (Å²) in [7, 11) is 1.76. The third kappa shape index (κ3) is 5.88. The number of anilines is 1. The van der Waals surface area contributed by atoms with Gasteiger partial charge in [0.15, 0.2) is 0 Å². The van der Waals surface area contributed by atoms with Gasteiger partial charge in [-0.25, -0.2) is 0 Å². The Balaban J connectivity index is 1.62. The minimum Gasteiger partial charge on any atom is -0.356 e. The smallest absolute Gasteiger partial charge is 0.226 e. The number of hydrogen-bond acceptors (Lipinski definition) is 2. The van der Waals surface area contributed by atoms with Crippen LogP contribution in [0.15, 0.2) is 60.7 Å². The van der Waals surface area contributed by atoms with Gasteiger partial charge in [0, 0.05) is 32.1 Å². The number of carbonyl (C=O) groups is 2. The Hall–Kier alpha value is -2.62. The second kappa shape index (κ2) is 9.50. The molecule has 126 valence electrons. The Morgan fingerprint density at radius 3 is 2.21 bits per heavy atom. The van der Waals surface area contributed by atoms with Crippen LogP contribution in [-0.2, 0) is 16.0 Å². The molecule has 1 N–H and O–H groups in total. The molecule has 2 amide bonds. The van der Waals surface area contributed by atoms with E-state index in [0.29, 0.717) is 25.8 Å².